The Labute approximate surface area is 205 Å². The van der Waals surface area contributed by atoms with Gasteiger partial charge in [-0.25, -0.2) is 23.0 Å². The van der Waals surface area contributed by atoms with Crippen molar-refractivity contribution in [2.24, 2.45) is 17.8 Å². The van der Waals surface area contributed by atoms with Gasteiger partial charge in [0.15, 0.2) is 11.5 Å². The van der Waals surface area contributed by atoms with Crippen molar-refractivity contribution in [3.05, 3.63) is 46.4 Å². The van der Waals surface area contributed by atoms with Crippen LogP contribution in [0.3, 0.4) is 0 Å². The number of rotatable bonds is 5. The van der Waals surface area contributed by atoms with Crippen molar-refractivity contribution < 1.29 is 17.9 Å². The van der Waals surface area contributed by atoms with E-state index in [9.17, 15) is 13.2 Å². The van der Waals surface area contributed by atoms with E-state index in [1.165, 1.54) is 0 Å². The Morgan fingerprint density at radius 3 is 2.49 bits per heavy atom. The lowest BCUT2D eigenvalue weighted by atomic mass is 9.75. The third-order valence-electron chi connectivity index (χ3n) is 6.83. The van der Waals surface area contributed by atoms with E-state index < -0.39 is 16.0 Å². The minimum Gasteiger partial charge on any atom is -0.459 e. The topological polar surface area (TPSA) is 110 Å². The first-order valence-corrected chi connectivity index (χ1v) is 13.6. The molecule has 35 heavy (non-hydrogen) atoms. The van der Waals surface area contributed by atoms with Crippen molar-refractivity contribution in [2.75, 3.05) is 11.0 Å². The quantitative estimate of drug-likeness (QED) is 0.377. The molecule has 2 N–H and O–H groups in total. The number of carbonyl (C=O) groups excluding carboxylic acids is 1. The summed E-state index contributed by atoms with van der Waals surface area (Å²) in [6, 6.07) is 5.29. The van der Waals surface area contributed by atoms with Gasteiger partial charge in [0.2, 0.25) is 15.7 Å². The number of ether oxygens (including phenoxy) is 1. The molecule has 2 heterocycles. The van der Waals surface area contributed by atoms with E-state index in [1.807, 2.05) is 6.07 Å². The molecule has 10 heteroatoms. The Balaban J connectivity index is 1.69. The van der Waals surface area contributed by atoms with E-state index in [4.69, 9.17) is 11.3 Å². The molecule has 2 unspecified atom stereocenters. The Morgan fingerprint density at radius 1 is 1.23 bits per heavy atom. The highest BCUT2D eigenvalue weighted by Gasteiger charge is 2.36. The van der Waals surface area contributed by atoms with Gasteiger partial charge in [-0.1, -0.05) is 32.9 Å². The van der Waals surface area contributed by atoms with Gasteiger partial charge in [-0.05, 0) is 56.1 Å². The average Bonchev–Trinajstić information content (AvgIpc) is 3.29. The number of hydrogen-bond acceptors (Lipinski definition) is 5. The molecule has 0 aliphatic heterocycles. The zero-order valence-electron chi connectivity index (χ0n) is 20.8. The van der Waals surface area contributed by atoms with Gasteiger partial charge in [0.1, 0.15) is 6.10 Å². The fraction of sp³-hybridized carbons (Fsp3) is 0.480. The summed E-state index contributed by atoms with van der Waals surface area (Å²) in [6.07, 6.45) is 2.92. The molecule has 1 aliphatic carbocycles. The molecule has 2 atom stereocenters. The summed E-state index contributed by atoms with van der Waals surface area (Å²) in [4.78, 5) is 21.4. The monoisotopic (exact) mass is 497 g/mol. The number of fused-ring (bicyclic) bond motifs is 1. The second kappa shape index (κ2) is 9.04. The van der Waals surface area contributed by atoms with Gasteiger partial charge in [0.25, 0.3) is 0 Å². The summed E-state index contributed by atoms with van der Waals surface area (Å²) >= 11 is 0. The van der Waals surface area contributed by atoms with Crippen LogP contribution in [0.4, 0.5) is 11.4 Å². The second-order valence-electron chi connectivity index (χ2n) is 9.96. The average molecular weight is 498 g/mol. The van der Waals surface area contributed by atoms with Gasteiger partial charge in [0, 0.05) is 11.3 Å². The minimum atomic E-state index is -3.45. The van der Waals surface area contributed by atoms with Crippen LogP contribution in [0.5, 0.6) is 0 Å². The van der Waals surface area contributed by atoms with Gasteiger partial charge in [-0.3, -0.25) is 14.3 Å². The fourth-order valence-electron chi connectivity index (χ4n) is 5.30. The largest absolute Gasteiger partial charge is 0.459 e. The molecule has 4 rings (SSSR count). The first-order valence-electron chi connectivity index (χ1n) is 11.7. The zero-order valence-corrected chi connectivity index (χ0v) is 21.7. The maximum Gasteiger partial charge on any atom is 0.329 e. The molecule has 1 aliphatic rings. The number of esters is 1. The smallest absolute Gasteiger partial charge is 0.329 e. The molecule has 3 aromatic rings. The summed E-state index contributed by atoms with van der Waals surface area (Å²) in [6.45, 7) is 17.7. The van der Waals surface area contributed by atoms with Crippen LogP contribution < -0.4 is 4.72 Å². The lowest BCUT2D eigenvalue weighted by molar-refractivity contribution is -0.0251. The van der Waals surface area contributed by atoms with Gasteiger partial charge in [-0.15, -0.1) is 0 Å². The van der Waals surface area contributed by atoms with E-state index in [-0.39, 0.29) is 29.2 Å². The van der Waals surface area contributed by atoms with Crippen LogP contribution >= 0.6 is 0 Å². The van der Waals surface area contributed by atoms with Crippen molar-refractivity contribution in [3.63, 3.8) is 0 Å². The number of aromatic amines is 1. The first-order chi connectivity index (χ1) is 16.4. The van der Waals surface area contributed by atoms with Gasteiger partial charge < -0.3 is 4.74 Å². The molecule has 2 aromatic heterocycles. The molecule has 0 spiro atoms. The number of nitrogens with zero attached hydrogens (tertiary/aromatic N) is 3. The third-order valence-corrected chi connectivity index (χ3v) is 7.42. The number of H-pyrrole nitrogens is 1. The van der Waals surface area contributed by atoms with Crippen molar-refractivity contribution >= 4 is 33.0 Å². The Kier molecular flexibility index (Phi) is 6.40. The van der Waals surface area contributed by atoms with Crippen molar-refractivity contribution in [2.45, 2.75) is 53.6 Å². The van der Waals surface area contributed by atoms with Crippen LogP contribution in [0.15, 0.2) is 18.2 Å². The molecule has 1 aromatic carbocycles. The lowest BCUT2D eigenvalue weighted by Gasteiger charge is -2.37. The number of anilines is 1. The van der Waals surface area contributed by atoms with Crippen LogP contribution in [0, 0.1) is 38.2 Å². The van der Waals surface area contributed by atoms with E-state index in [2.05, 4.69) is 40.4 Å². The molecule has 0 bridgehead atoms. The minimum absolute atomic E-state index is 0.140. The molecular weight excluding hydrogens is 466 g/mol. The van der Waals surface area contributed by atoms with E-state index in [0.29, 0.717) is 34.3 Å². The summed E-state index contributed by atoms with van der Waals surface area (Å²) < 4.78 is 33.5. The lowest BCUT2D eigenvalue weighted by Crippen LogP contribution is -2.37. The summed E-state index contributed by atoms with van der Waals surface area (Å²) in [5.41, 5.74) is 3.09. The van der Waals surface area contributed by atoms with Crippen molar-refractivity contribution in [1.29, 1.82) is 0 Å². The molecule has 0 saturated heterocycles. The number of aryl methyl sites for hydroxylation is 2. The predicted octanol–water partition coefficient (Wildman–Crippen LogP) is 5.10. The van der Waals surface area contributed by atoms with Crippen LogP contribution in [0.25, 0.3) is 21.9 Å². The molecule has 186 valence electrons. The fourth-order valence-corrected chi connectivity index (χ4v) is 5.92. The molecule has 0 amide bonds. The van der Waals surface area contributed by atoms with E-state index >= 15 is 0 Å². The van der Waals surface area contributed by atoms with Crippen molar-refractivity contribution in [1.82, 2.24) is 14.6 Å². The maximum absolute atomic E-state index is 13.2. The highest BCUT2D eigenvalue weighted by atomic mass is 32.2. The van der Waals surface area contributed by atoms with E-state index in [1.54, 1.807) is 30.5 Å². The molecule has 0 radical (unpaired) electrons. The predicted molar refractivity (Wildman–Crippen MR) is 135 cm³/mol. The highest BCUT2D eigenvalue weighted by Crippen LogP contribution is 2.38. The van der Waals surface area contributed by atoms with Crippen LogP contribution in [0.2, 0.25) is 0 Å². The van der Waals surface area contributed by atoms with Crippen LogP contribution in [-0.2, 0) is 14.8 Å². The summed E-state index contributed by atoms with van der Waals surface area (Å²) in [5.74, 6) is 1.06. The van der Waals surface area contributed by atoms with Gasteiger partial charge >= 0.3 is 5.97 Å². The number of sulfonamides is 1. The Bertz CT molecular complexity index is 1430. The first kappa shape index (κ1) is 24.8. The molecular formula is C25H31N5O4S. The maximum atomic E-state index is 13.2. The Morgan fingerprint density at radius 2 is 1.89 bits per heavy atom. The summed E-state index contributed by atoms with van der Waals surface area (Å²) in [5, 5.41) is 3.14. The highest BCUT2D eigenvalue weighted by molar-refractivity contribution is 7.92. The van der Waals surface area contributed by atoms with Crippen molar-refractivity contribution in [3.8, 4) is 11.4 Å². The third kappa shape index (κ3) is 4.78. The molecule has 9 nitrogen and oxygen atoms in total. The Hall–Kier alpha value is -3.32. The number of benzene rings is 1. The zero-order chi connectivity index (χ0) is 25.7. The van der Waals surface area contributed by atoms with E-state index in [0.717, 1.165) is 24.7 Å². The molecule has 1 saturated carbocycles. The number of hydrogen-bond donors (Lipinski definition) is 2. The van der Waals surface area contributed by atoms with Crippen LogP contribution in [0.1, 0.15) is 55.2 Å². The SMILES string of the molecule is [C-]#[N+]c1c(C(=O)OC2C(C)CC(C)CC2C)c(C)n2[nH]c(-c3ccc(C)c(NS(C)(=O)=O)c3)nc12. The summed E-state index contributed by atoms with van der Waals surface area (Å²) in [7, 11) is -3.45. The number of aromatic nitrogens is 3. The molecule has 1 fully saturated rings. The van der Waals surface area contributed by atoms with Crippen LogP contribution in [-0.4, -0.2) is 41.3 Å². The number of nitrogens with one attached hydrogen (secondary N) is 2. The second-order valence-corrected chi connectivity index (χ2v) is 11.7. The standard InChI is InChI=1S/C25H31N5O4S/c1-13-10-15(3)22(16(4)11-13)34-25(31)20-17(5)30-24(21(20)26-6)27-23(28-30)18-9-8-14(2)19(12-18)29-35(7,32)33/h8-9,12-13,15-16,22,29H,10-11H2,1-5,7H3,(H,27,28). The van der Waals surface area contributed by atoms with Gasteiger partial charge in [0.05, 0.1) is 24.1 Å². The normalized spacial score (nSPS) is 22.7. The van der Waals surface area contributed by atoms with Gasteiger partial charge in [-0.2, -0.15) is 0 Å². The number of carbonyl (C=O) groups is 1.